The summed E-state index contributed by atoms with van der Waals surface area (Å²) in [5.41, 5.74) is 1.80. The van der Waals surface area contributed by atoms with Crippen LogP contribution in [-0.2, 0) is 16.1 Å². The number of benzene rings is 1. The number of carbonyl (C=O) groups is 2. The monoisotopic (exact) mass is 309 g/mol. The van der Waals surface area contributed by atoms with Crippen LogP contribution >= 0.6 is 11.8 Å². The highest BCUT2D eigenvalue weighted by Gasteiger charge is 2.20. The highest BCUT2D eigenvalue weighted by atomic mass is 32.2. The van der Waals surface area contributed by atoms with Crippen LogP contribution in [0.15, 0.2) is 42.5 Å². The summed E-state index contributed by atoms with van der Waals surface area (Å²) in [6.07, 6.45) is -0.734. The van der Waals surface area contributed by atoms with Crippen LogP contribution in [-0.4, -0.2) is 34.7 Å². The van der Waals surface area contributed by atoms with Gasteiger partial charge in [0.15, 0.2) is 0 Å². The number of hydrogen-bond acceptors (Lipinski definition) is 4. The summed E-state index contributed by atoms with van der Waals surface area (Å²) in [5.74, 6) is -0.159. The summed E-state index contributed by atoms with van der Waals surface area (Å²) in [5, 5.41) is 11.4. The van der Waals surface area contributed by atoms with Crippen molar-refractivity contribution in [3.05, 3.63) is 48.0 Å². The number of rotatable bonds is 8. The predicted molar refractivity (Wildman–Crippen MR) is 83.3 cm³/mol. The summed E-state index contributed by atoms with van der Waals surface area (Å²) in [6, 6.07) is 8.21. The molecule has 21 heavy (non-hydrogen) atoms. The van der Waals surface area contributed by atoms with Crippen LogP contribution in [0.25, 0.3) is 0 Å². The summed E-state index contributed by atoms with van der Waals surface area (Å²) in [7, 11) is 0. The first-order chi connectivity index (χ1) is 9.99. The van der Waals surface area contributed by atoms with E-state index in [-0.39, 0.29) is 12.4 Å². The summed E-state index contributed by atoms with van der Waals surface area (Å²) in [4.78, 5) is 22.7. The number of aliphatic carboxylic acids is 1. The molecule has 1 unspecified atom stereocenters. The number of thioether (sulfide) groups is 1. The maximum absolute atomic E-state index is 11.6. The van der Waals surface area contributed by atoms with Gasteiger partial charge < -0.3 is 15.2 Å². The van der Waals surface area contributed by atoms with E-state index in [9.17, 15) is 9.59 Å². The van der Waals surface area contributed by atoms with E-state index in [1.54, 1.807) is 0 Å². The third kappa shape index (κ3) is 7.41. The molecule has 2 N–H and O–H groups in total. The quantitative estimate of drug-likeness (QED) is 0.722. The second-order valence-electron chi connectivity index (χ2n) is 4.57. The fourth-order valence-electron chi connectivity index (χ4n) is 1.43. The standard InChI is InChI=1S/C15H19NO4S/c1-11(2)9-21-10-13(14(17)18)16-15(19)20-8-12-6-4-3-5-7-12/h3-7,13H,1,8-10H2,2H3,(H,16,19)(H,17,18). The summed E-state index contributed by atoms with van der Waals surface area (Å²) >= 11 is 1.40. The van der Waals surface area contributed by atoms with Crippen molar-refractivity contribution < 1.29 is 19.4 Å². The zero-order chi connectivity index (χ0) is 15.7. The number of alkyl carbamates (subject to hydrolysis) is 1. The fourth-order valence-corrected chi connectivity index (χ4v) is 2.36. The largest absolute Gasteiger partial charge is 0.480 e. The molecule has 0 spiro atoms. The molecule has 0 aromatic heterocycles. The maximum Gasteiger partial charge on any atom is 0.408 e. The van der Waals surface area contributed by atoms with Crippen LogP contribution < -0.4 is 5.32 Å². The number of carbonyl (C=O) groups excluding carboxylic acids is 1. The molecule has 0 heterocycles. The highest BCUT2D eigenvalue weighted by molar-refractivity contribution is 7.99. The van der Waals surface area contributed by atoms with Crippen molar-refractivity contribution >= 4 is 23.8 Å². The van der Waals surface area contributed by atoms with Crippen LogP contribution in [0.5, 0.6) is 0 Å². The third-order valence-electron chi connectivity index (χ3n) is 2.44. The Bertz CT molecular complexity index is 490. The van der Waals surface area contributed by atoms with Crippen LogP contribution in [0.2, 0.25) is 0 Å². The average Bonchev–Trinajstić information content (AvgIpc) is 2.44. The van der Waals surface area contributed by atoms with Gasteiger partial charge in [-0.05, 0) is 12.5 Å². The van der Waals surface area contributed by atoms with Crippen molar-refractivity contribution in [3.8, 4) is 0 Å². The van der Waals surface area contributed by atoms with Gasteiger partial charge in [0.05, 0.1) is 0 Å². The Morgan fingerprint density at radius 1 is 1.38 bits per heavy atom. The number of ether oxygens (including phenoxy) is 1. The minimum Gasteiger partial charge on any atom is -0.480 e. The van der Waals surface area contributed by atoms with Gasteiger partial charge in [0.2, 0.25) is 0 Å². The number of hydrogen-bond donors (Lipinski definition) is 2. The Hall–Kier alpha value is -1.95. The molecule has 0 saturated carbocycles. The van der Waals surface area contributed by atoms with E-state index in [2.05, 4.69) is 11.9 Å². The average molecular weight is 309 g/mol. The minimum atomic E-state index is -1.08. The van der Waals surface area contributed by atoms with Gasteiger partial charge in [-0.15, -0.1) is 0 Å². The van der Waals surface area contributed by atoms with Crippen molar-refractivity contribution in [2.75, 3.05) is 11.5 Å². The maximum atomic E-state index is 11.6. The van der Waals surface area contributed by atoms with Gasteiger partial charge in [-0.2, -0.15) is 11.8 Å². The molecule has 5 nitrogen and oxygen atoms in total. The van der Waals surface area contributed by atoms with Crippen molar-refractivity contribution in [1.82, 2.24) is 5.32 Å². The third-order valence-corrected chi connectivity index (χ3v) is 3.70. The van der Waals surface area contributed by atoms with Gasteiger partial charge >= 0.3 is 12.1 Å². The molecule has 1 amide bonds. The van der Waals surface area contributed by atoms with Gasteiger partial charge in [-0.25, -0.2) is 9.59 Å². The van der Waals surface area contributed by atoms with Crippen LogP contribution in [0.1, 0.15) is 12.5 Å². The smallest absolute Gasteiger partial charge is 0.408 e. The fraction of sp³-hybridized carbons (Fsp3) is 0.333. The number of amides is 1. The molecule has 1 aromatic carbocycles. The molecule has 0 saturated heterocycles. The van der Waals surface area contributed by atoms with E-state index in [1.807, 2.05) is 37.3 Å². The van der Waals surface area contributed by atoms with E-state index in [0.29, 0.717) is 5.75 Å². The van der Waals surface area contributed by atoms with Gasteiger partial charge in [0.25, 0.3) is 0 Å². The van der Waals surface area contributed by atoms with E-state index >= 15 is 0 Å². The molecule has 1 aromatic rings. The lowest BCUT2D eigenvalue weighted by Crippen LogP contribution is -2.42. The zero-order valence-electron chi connectivity index (χ0n) is 11.9. The number of nitrogens with one attached hydrogen (secondary N) is 1. The molecule has 114 valence electrons. The van der Waals surface area contributed by atoms with Crippen molar-refractivity contribution in [1.29, 1.82) is 0 Å². The van der Waals surface area contributed by atoms with Gasteiger partial charge in [-0.3, -0.25) is 0 Å². The lowest BCUT2D eigenvalue weighted by Gasteiger charge is -2.14. The Labute approximate surface area is 128 Å². The molecule has 1 rings (SSSR count). The lowest BCUT2D eigenvalue weighted by atomic mass is 10.2. The molecule has 0 radical (unpaired) electrons. The van der Waals surface area contributed by atoms with Gasteiger partial charge in [-0.1, -0.05) is 42.5 Å². The predicted octanol–water partition coefficient (Wildman–Crippen LogP) is 2.68. The first-order valence-electron chi connectivity index (χ1n) is 6.41. The van der Waals surface area contributed by atoms with Crippen molar-refractivity contribution in [2.24, 2.45) is 0 Å². The summed E-state index contributed by atoms with van der Waals surface area (Å²) in [6.45, 7) is 5.71. The second kappa shape index (κ2) is 9.07. The molecule has 0 bridgehead atoms. The zero-order valence-corrected chi connectivity index (χ0v) is 12.7. The number of carboxylic acid groups (broad SMARTS) is 1. The van der Waals surface area contributed by atoms with Gasteiger partial charge in [0.1, 0.15) is 12.6 Å². The van der Waals surface area contributed by atoms with Crippen LogP contribution in [0.4, 0.5) is 4.79 Å². The molecule has 0 fully saturated rings. The first-order valence-corrected chi connectivity index (χ1v) is 7.56. The minimum absolute atomic E-state index is 0.109. The normalized spacial score (nSPS) is 11.5. The Morgan fingerprint density at radius 3 is 2.62 bits per heavy atom. The number of carboxylic acids is 1. The molecule has 0 aliphatic rings. The van der Waals surface area contributed by atoms with E-state index in [0.717, 1.165) is 11.1 Å². The van der Waals surface area contributed by atoms with E-state index < -0.39 is 18.1 Å². The lowest BCUT2D eigenvalue weighted by molar-refractivity contribution is -0.138. The van der Waals surface area contributed by atoms with Crippen molar-refractivity contribution in [3.63, 3.8) is 0 Å². The second-order valence-corrected chi connectivity index (χ2v) is 5.60. The van der Waals surface area contributed by atoms with E-state index in [4.69, 9.17) is 9.84 Å². The summed E-state index contributed by atoms with van der Waals surface area (Å²) < 4.78 is 5.00. The van der Waals surface area contributed by atoms with Crippen LogP contribution in [0, 0.1) is 0 Å². The van der Waals surface area contributed by atoms with Gasteiger partial charge in [0, 0.05) is 11.5 Å². The topological polar surface area (TPSA) is 75.6 Å². The first kappa shape index (κ1) is 17.1. The molecule has 0 aliphatic heterocycles. The molecule has 0 aliphatic carbocycles. The Kier molecular flexibility index (Phi) is 7.39. The highest BCUT2D eigenvalue weighted by Crippen LogP contribution is 2.08. The Balaban J connectivity index is 2.38. The van der Waals surface area contributed by atoms with Crippen LogP contribution in [0.3, 0.4) is 0 Å². The molecular formula is C15H19NO4S. The van der Waals surface area contributed by atoms with E-state index in [1.165, 1.54) is 11.8 Å². The Morgan fingerprint density at radius 2 is 2.05 bits per heavy atom. The molecule has 6 heteroatoms. The van der Waals surface area contributed by atoms with Crippen molar-refractivity contribution in [2.45, 2.75) is 19.6 Å². The molecule has 1 atom stereocenters. The SMILES string of the molecule is C=C(C)CSCC(NC(=O)OCc1ccccc1)C(=O)O. The molecular weight excluding hydrogens is 290 g/mol.